The van der Waals surface area contributed by atoms with E-state index < -0.39 is 0 Å². The smallest absolute Gasteiger partial charge is 0.0445 e. The average molecular weight is 313 g/mol. The quantitative estimate of drug-likeness (QED) is 0.415. The van der Waals surface area contributed by atoms with Crippen LogP contribution in [-0.4, -0.2) is 53.4 Å². The van der Waals surface area contributed by atoms with Gasteiger partial charge in [-0.2, -0.15) is 12.6 Å². The number of thioether (sulfide) groups is 1. The fourth-order valence-corrected chi connectivity index (χ4v) is 3.47. The van der Waals surface area contributed by atoms with E-state index in [0.717, 1.165) is 43.4 Å². The van der Waals surface area contributed by atoms with Gasteiger partial charge in [-0.1, -0.05) is 24.3 Å². The van der Waals surface area contributed by atoms with E-state index in [1.807, 2.05) is 18.7 Å². The van der Waals surface area contributed by atoms with Crippen LogP contribution in [0.25, 0.3) is 0 Å². The van der Waals surface area contributed by atoms with E-state index >= 15 is 0 Å². The van der Waals surface area contributed by atoms with Crippen molar-refractivity contribution in [1.29, 1.82) is 0 Å². The van der Waals surface area contributed by atoms with Gasteiger partial charge in [0, 0.05) is 37.8 Å². The molecule has 2 nitrogen and oxygen atoms in total. The summed E-state index contributed by atoms with van der Waals surface area (Å²) in [4.78, 5) is 5.02. The number of allylic oxidation sites excluding steroid dienone is 4. The lowest BCUT2D eigenvalue weighted by Gasteiger charge is -2.36. The van der Waals surface area contributed by atoms with E-state index in [4.69, 9.17) is 0 Å². The first-order valence-electron chi connectivity index (χ1n) is 7.33. The molecule has 0 atom stereocenters. The topological polar surface area (TPSA) is 6.48 Å². The number of nitrogens with zero attached hydrogens (tertiary/aromatic N) is 2. The van der Waals surface area contributed by atoms with E-state index in [1.54, 1.807) is 0 Å². The van der Waals surface area contributed by atoms with Gasteiger partial charge in [0.05, 0.1) is 0 Å². The number of thiol groups is 1. The lowest BCUT2D eigenvalue weighted by atomic mass is 10.2. The highest BCUT2D eigenvalue weighted by atomic mass is 32.2. The van der Waals surface area contributed by atoms with Crippen molar-refractivity contribution in [3.8, 4) is 0 Å². The lowest BCUT2D eigenvalue weighted by molar-refractivity contribution is 0.183. The molecular weight excluding hydrogens is 284 g/mol. The van der Waals surface area contributed by atoms with Crippen LogP contribution in [0.1, 0.15) is 20.3 Å². The number of piperazine rings is 1. The van der Waals surface area contributed by atoms with Gasteiger partial charge in [-0.05, 0) is 37.9 Å². The molecule has 0 bridgehead atoms. The molecule has 0 aromatic heterocycles. The summed E-state index contributed by atoms with van der Waals surface area (Å²) < 4.78 is 0. The maximum atomic E-state index is 4.25. The Kier molecular flexibility index (Phi) is 9.23. The van der Waals surface area contributed by atoms with Crippen LogP contribution in [0.15, 0.2) is 36.1 Å². The van der Waals surface area contributed by atoms with Crippen LogP contribution in [-0.2, 0) is 0 Å². The highest BCUT2D eigenvalue weighted by molar-refractivity contribution is 7.99. The molecule has 0 aromatic rings. The third-order valence-corrected chi connectivity index (χ3v) is 4.73. The van der Waals surface area contributed by atoms with Crippen LogP contribution in [0, 0.1) is 0 Å². The van der Waals surface area contributed by atoms with Crippen molar-refractivity contribution >= 4 is 24.4 Å². The van der Waals surface area contributed by atoms with Crippen molar-refractivity contribution in [1.82, 2.24) is 9.80 Å². The normalized spacial score (nSPS) is 17.9. The molecule has 1 heterocycles. The highest BCUT2D eigenvalue weighted by Gasteiger charge is 2.16. The van der Waals surface area contributed by atoms with E-state index in [0.29, 0.717) is 0 Å². The predicted octanol–water partition coefficient (Wildman–Crippen LogP) is 3.65. The summed E-state index contributed by atoms with van der Waals surface area (Å²) in [6.45, 7) is 12.6. The standard InChI is InChI=1S/C16H28N2S2/c1-4-16(7-6-15(2)3)18-10-8-17(9-11-18)14-20-13-5-12-19/h4,6-7,19H,2,5,8-14H2,1,3H3. The Bertz CT molecular complexity index is 342. The minimum atomic E-state index is 1.00. The van der Waals surface area contributed by atoms with Crippen LogP contribution >= 0.6 is 24.4 Å². The fourth-order valence-electron chi connectivity index (χ4n) is 2.11. The highest BCUT2D eigenvalue weighted by Crippen LogP contribution is 2.14. The molecule has 1 aliphatic rings. The molecule has 0 unspecified atom stereocenters. The molecule has 0 aromatic carbocycles. The van der Waals surface area contributed by atoms with Crippen LogP contribution in [0.3, 0.4) is 0 Å². The Balaban J connectivity index is 2.31. The van der Waals surface area contributed by atoms with Gasteiger partial charge >= 0.3 is 0 Å². The van der Waals surface area contributed by atoms with Gasteiger partial charge in [-0.3, -0.25) is 4.90 Å². The maximum absolute atomic E-state index is 4.25. The predicted molar refractivity (Wildman–Crippen MR) is 96.7 cm³/mol. The van der Waals surface area contributed by atoms with Crippen molar-refractivity contribution in [3.63, 3.8) is 0 Å². The summed E-state index contributed by atoms with van der Waals surface area (Å²) >= 11 is 6.28. The molecule has 0 spiro atoms. The second kappa shape index (κ2) is 10.4. The van der Waals surface area contributed by atoms with Crippen LogP contribution in [0.5, 0.6) is 0 Å². The summed E-state index contributed by atoms with van der Waals surface area (Å²) in [7, 11) is 0. The molecule has 1 aliphatic heterocycles. The Hall–Kier alpha value is -0.320. The Labute approximate surface area is 134 Å². The SMILES string of the molecule is C=C(C)C=CC(=CC)N1CCN(CSCCCS)CC1. The first-order chi connectivity index (χ1) is 9.67. The molecule has 0 radical (unpaired) electrons. The zero-order valence-electron chi connectivity index (χ0n) is 12.8. The molecule has 0 aliphatic carbocycles. The number of hydrogen-bond acceptors (Lipinski definition) is 4. The van der Waals surface area contributed by atoms with Crippen LogP contribution < -0.4 is 0 Å². The molecule has 114 valence electrons. The van der Waals surface area contributed by atoms with Gasteiger partial charge in [0.25, 0.3) is 0 Å². The summed E-state index contributed by atoms with van der Waals surface area (Å²) in [5.41, 5.74) is 2.42. The largest absolute Gasteiger partial charge is 0.369 e. The minimum Gasteiger partial charge on any atom is -0.369 e. The first kappa shape index (κ1) is 17.7. The van der Waals surface area contributed by atoms with Crippen molar-refractivity contribution < 1.29 is 0 Å². The third kappa shape index (κ3) is 6.91. The minimum absolute atomic E-state index is 1.00. The second-order valence-corrected chi connectivity index (χ2v) is 6.63. The van der Waals surface area contributed by atoms with E-state index in [2.05, 4.69) is 54.2 Å². The summed E-state index contributed by atoms with van der Waals surface area (Å²) in [6, 6.07) is 0. The molecular formula is C16H28N2S2. The monoisotopic (exact) mass is 312 g/mol. The van der Waals surface area contributed by atoms with Crippen molar-refractivity contribution in [2.45, 2.75) is 20.3 Å². The fraction of sp³-hybridized carbons (Fsp3) is 0.625. The molecule has 0 N–H and O–H groups in total. The molecule has 1 rings (SSSR count). The first-order valence-corrected chi connectivity index (χ1v) is 9.12. The zero-order valence-corrected chi connectivity index (χ0v) is 14.6. The van der Waals surface area contributed by atoms with E-state index in [1.165, 1.54) is 17.9 Å². The number of hydrogen-bond donors (Lipinski definition) is 1. The Morgan fingerprint density at radius 1 is 1.25 bits per heavy atom. The molecule has 0 amide bonds. The van der Waals surface area contributed by atoms with E-state index in [9.17, 15) is 0 Å². The van der Waals surface area contributed by atoms with Gasteiger partial charge < -0.3 is 4.90 Å². The van der Waals surface area contributed by atoms with Crippen molar-refractivity contribution in [2.24, 2.45) is 0 Å². The van der Waals surface area contributed by atoms with Gasteiger partial charge in [-0.15, -0.1) is 11.8 Å². The lowest BCUT2D eigenvalue weighted by Crippen LogP contribution is -2.45. The molecule has 4 heteroatoms. The molecule has 20 heavy (non-hydrogen) atoms. The Morgan fingerprint density at radius 2 is 1.95 bits per heavy atom. The van der Waals surface area contributed by atoms with Crippen molar-refractivity contribution in [2.75, 3.05) is 43.6 Å². The summed E-state index contributed by atoms with van der Waals surface area (Å²) in [6.07, 6.45) is 7.67. The number of rotatable bonds is 8. The summed E-state index contributed by atoms with van der Waals surface area (Å²) in [5.74, 6) is 3.39. The zero-order chi connectivity index (χ0) is 14.8. The van der Waals surface area contributed by atoms with Gasteiger partial charge in [-0.25, -0.2) is 0 Å². The van der Waals surface area contributed by atoms with Gasteiger partial charge in [0.2, 0.25) is 0 Å². The van der Waals surface area contributed by atoms with Crippen LogP contribution in [0.2, 0.25) is 0 Å². The van der Waals surface area contributed by atoms with Crippen molar-refractivity contribution in [3.05, 3.63) is 36.1 Å². The molecule has 0 saturated carbocycles. The Morgan fingerprint density at radius 3 is 2.50 bits per heavy atom. The third-order valence-electron chi connectivity index (χ3n) is 3.29. The average Bonchev–Trinajstić information content (AvgIpc) is 2.45. The molecule has 1 saturated heterocycles. The summed E-state index contributed by atoms with van der Waals surface area (Å²) in [5, 5.41) is 0. The van der Waals surface area contributed by atoms with Gasteiger partial charge in [0.15, 0.2) is 0 Å². The van der Waals surface area contributed by atoms with E-state index in [-0.39, 0.29) is 0 Å². The molecule has 1 fully saturated rings. The maximum Gasteiger partial charge on any atom is 0.0445 e. The van der Waals surface area contributed by atoms with Crippen LogP contribution in [0.4, 0.5) is 0 Å². The van der Waals surface area contributed by atoms with Gasteiger partial charge in [0.1, 0.15) is 0 Å². The second-order valence-electron chi connectivity index (χ2n) is 5.11.